The second-order valence-corrected chi connectivity index (χ2v) is 7.16. The predicted octanol–water partition coefficient (Wildman–Crippen LogP) is 4.46. The van der Waals surface area contributed by atoms with Crippen LogP contribution in [0.2, 0.25) is 5.02 Å². The Hall–Kier alpha value is -3.03. The molecule has 7 nitrogen and oxygen atoms in total. The number of fused-ring (bicyclic) bond motifs is 2. The quantitative estimate of drug-likeness (QED) is 0.534. The van der Waals surface area contributed by atoms with Crippen LogP contribution in [-0.4, -0.2) is 19.4 Å². The molecule has 4 rings (SSSR count). The van der Waals surface area contributed by atoms with Crippen LogP contribution in [0.1, 0.15) is 35.0 Å². The van der Waals surface area contributed by atoms with E-state index in [1.54, 1.807) is 30.3 Å². The van der Waals surface area contributed by atoms with E-state index >= 15 is 0 Å². The van der Waals surface area contributed by atoms with E-state index < -0.39 is 5.97 Å². The fourth-order valence-corrected chi connectivity index (χ4v) is 3.38. The Labute approximate surface area is 177 Å². The van der Waals surface area contributed by atoms with Gasteiger partial charge in [-0.25, -0.2) is 4.79 Å². The van der Waals surface area contributed by atoms with Gasteiger partial charge >= 0.3 is 5.97 Å². The first-order valence-corrected chi connectivity index (χ1v) is 9.82. The van der Waals surface area contributed by atoms with Crippen LogP contribution in [0.3, 0.4) is 0 Å². The molecule has 1 aliphatic heterocycles. The van der Waals surface area contributed by atoms with Crippen molar-refractivity contribution < 1.29 is 28.2 Å². The zero-order valence-corrected chi connectivity index (χ0v) is 17.0. The van der Waals surface area contributed by atoms with Crippen molar-refractivity contribution in [3.8, 4) is 11.5 Å². The third-order valence-corrected chi connectivity index (χ3v) is 4.70. The highest BCUT2D eigenvalue weighted by atomic mass is 35.5. The average molecular weight is 431 g/mol. The van der Waals surface area contributed by atoms with Gasteiger partial charge in [-0.1, -0.05) is 18.5 Å². The van der Waals surface area contributed by atoms with Crippen LogP contribution in [0.5, 0.6) is 11.5 Å². The van der Waals surface area contributed by atoms with E-state index in [2.05, 4.69) is 0 Å². The highest BCUT2D eigenvalue weighted by Gasteiger charge is 2.18. The number of halogens is 1. The van der Waals surface area contributed by atoms with E-state index in [-0.39, 0.29) is 36.8 Å². The van der Waals surface area contributed by atoms with Crippen molar-refractivity contribution in [3.05, 3.63) is 68.5 Å². The molecule has 0 atom stereocenters. The Morgan fingerprint density at radius 1 is 1.20 bits per heavy atom. The van der Waals surface area contributed by atoms with Crippen LogP contribution in [-0.2, 0) is 22.7 Å². The first-order valence-electron chi connectivity index (χ1n) is 9.45. The molecule has 0 aliphatic carbocycles. The molecule has 0 bridgehead atoms. The molecule has 8 heteroatoms. The van der Waals surface area contributed by atoms with Gasteiger partial charge in [-0.05, 0) is 30.7 Å². The predicted molar refractivity (Wildman–Crippen MR) is 109 cm³/mol. The number of hydrogen-bond donors (Lipinski definition) is 0. The molecule has 2 aromatic carbocycles. The maximum absolute atomic E-state index is 12.3. The second-order valence-electron chi connectivity index (χ2n) is 6.72. The molecule has 1 aromatic heterocycles. The van der Waals surface area contributed by atoms with Gasteiger partial charge in [0.1, 0.15) is 23.7 Å². The van der Waals surface area contributed by atoms with Gasteiger partial charge in [0.15, 0.2) is 12.2 Å². The molecule has 0 saturated carbocycles. The smallest absolute Gasteiger partial charge is 0.374 e. The largest absolute Gasteiger partial charge is 0.489 e. The molecule has 0 amide bonds. The molecule has 1 aliphatic rings. The number of rotatable bonds is 6. The molecule has 2 heterocycles. The standard InChI is InChI=1S/C22H19ClO7/c1-2-5-27-22(25)20-9-18(24)17-4-3-16(8-19(17)30-20)28-11-14-7-15(23)6-13-10-26-12-29-21(13)14/h3-4,6-9H,2,5,10-12H2,1H3. The zero-order valence-electron chi connectivity index (χ0n) is 16.2. The first kappa shape index (κ1) is 20.3. The summed E-state index contributed by atoms with van der Waals surface area (Å²) in [6, 6.07) is 9.52. The van der Waals surface area contributed by atoms with Crippen molar-refractivity contribution in [1.82, 2.24) is 0 Å². The zero-order chi connectivity index (χ0) is 21.1. The highest BCUT2D eigenvalue weighted by molar-refractivity contribution is 6.30. The summed E-state index contributed by atoms with van der Waals surface area (Å²) in [7, 11) is 0. The fraction of sp³-hybridized carbons (Fsp3) is 0.273. The summed E-state index contributed by atoms with van der Waals surface area (Å²) in [6.07, 6.45) is 0.671. The molecule has 3 aromatic rings. The lowest BCUT2D eigenvalue weighted by Crippen LogP contribution is -2.14. The number of ether oxygens (including phenoxy) is 4. The molecular weight excluding hydrogens is 412 g/mol. The SMILES string of the molecule is CCCOC(=O)c1cc(=O)c2ccc(OCc3cc(Cl)cc4c3OCOC4)cc2o1. The van der Waals surface area contributed by atoms with E-state index in [0.29, 0.717) is 34.9 Å². The number of esters is 1. The lowest BCUT2D eigenvalue weighted by molar-refractivity contribution is -0.0175. The van der Waals surface area contributed by atoms with Crippen molar-refractivity contribution in [2.45, 2.75) is 26.6 Å². The van der Waals surface area contributed by atoms with Crippen LogP contribution in [0, 0.1) is 0 Å². The lowest BCUT2D eigenvalue weighted by atomic mass is 10.1. The molecule has 156 valence electrons. The summed E-state index contributed by atoms with van der Waals surface area (Å²) in [5.41, 5.74) is 1.54. The molecule has 0 spiro atoms. The molecule has 0 saturated heterocycles. The molecule has 0 fully saturated rings. The minimum Gasteiger partial charge on any atom is -0.489 e. The monoisotopic (exact) mass is 430 g/mol. The van der Waals surface area contributed by atoms with Crippen molar-refractivity contribution in [2.75, 3.05) is 13.4 Å². The summed E-state index contributed by atoms with van der Waals surface area (Å²) >= 11 is 6.18. The van der Waals surface area contributed by atoms with Crippen molar-refractivity contribution in [3.63, 3.8) is 0 Å². The number of benzene rings is 2. The van der Waals surface area contributed by atoms with E-state index in [0.717, 1.165) is 17.2 Å². The van der Waals surface area contributed by atoms with Gasteiger partial charge in [-0.3, -0.25) is 4.79 Å². The van der Waals surface area contributed by atoms with Crippen LogP contribution in [0.15, 0.2) is 45.6 Å². The van der Waals surface area contributed by atoms with Gasteiger partial charge in [-0.2, -0.15) is 0 Å². The van der Waals surface area contributed by atoms with Gasteiger partial charge in [0.2, 0.25) is 5.76 Å². The number of hydrogen-bond acceptors (Lipinski definition) is 7. The van der Waals surface area contributed by atoms with E-state index in [4.69, 9.17) is 35.0 Å². The Balaban J connectivity index is 1.59. The lowest BCUT2D eigenvalue weighted by Gasteiger charge is -2.21. The number of carbonyl (C=O) groups excluding carboxylic acids is 1. The van der Waals surface area contributed by atoms with Crippen molar-refractivity contribution in [1.29, 1.82) is 0 Å². The Morgan fingerprint density at radius 2 is 2.07 bits per heavy atom. The first-order chi connectivity index (χ1) is 14.5. The molecule has 30 heavy (non-hydrogen) atoms. The van der Waals surface area contributed by atoms with E-state index in [1.165, 1.54) is 0 Å². The third kappa shape index (κ3) is 4.27. The van der Waals surface area contributed by atoms with Crippen molar-refractivity contribution >= 4 is 28.5 Å². The summed E-state index contributed by atoms with van der Waals surface area (Å²) < 4.78 is 27.4. The minimum absolute atomic E-state index is 0.143. The van der Waals surface area contributed by atoms with Crippen LogP contribution in [0.25, 0.3) is 11.0 Å². The molecule has 0 radical (unpaired) electrons. The van der Waals surface area contributed by atoms with Gasteiger partial charge in [-0.15, -0.1) is 0 Å². The molecule has 0 N–H and O–H groups in total. The summed E-state index contributed by atoms with van der Waals surface area (Å²) in [5.74, 6) is 0.340. The molecule has 0 unspecified atom stereocenters. The fourth-order valence-electron chi connectivity index (χ4n) is 3.12. The van der Waals surface area contributed by atoms with Crippen LogP contribution < -0.4 is 14.9 Å². The van der Waals surface area contributed by atoms with Gasteiger partial charge in [0.25, 0.3) is 0 Å². The normalized spacial score (nSPS) is 12.9. The van der Waals surface area contributed by atoms with Crippen LogP contribution in [0.4, 0.5) is 0 Å². The van der Waals surface area contributed by atoms with Crippen LogP contribution >= 0.6 is 11.6 Å². The summed E-state index contributed by atoms with van der Waals surface area (Å²) in [6.45, 7) is 2.90. The highest BCUT2D eigenvalue weighted by Crippen LogP contribution is 2.32. The second kappa shape index (κ2) is 8.77. The minimum atomic E-state index is -0.674. The summed E-state index contributed by atoms with van der Waals surface area (Å²) in [4.78, 5) is 24.4. The maximum Gasteiger partial charge on any atom is 0.374 e. The van der Waals surface area contributed by atoms with E-state index in [9.17, 15) is 9.59 Å². The number of carbonyl (C=O) groups is 1. The summed E-state index contributed by atoms with van der Waals surface area (Å²) in [5, 5.41) is 0.899. The van der Waals surface area contributed by atoms with Gasteiger partial charge in [0, 0.05) is 28.3 Å². The molecular formula is C22H19ClO7. The third-order valence-electron chi connectivity index (χ3n) is 4.49. The van der Waals surface area contributed by atoms with E-state index in [1.807, 2.05) is 6.92 Å². The Morgan fingerprint density at radius 3 is 2.90 bits per heavy atom. The van der Waals surface area contributed by atoms with Gasteiger partial charge < -0.3 is 23.4 Å². The average Bonchev–Trinajstić information content (AvgIpc) is 2.75. The van der Waals surface area contributed by atoms with Gasteiger partial charge in [0.05, 0.1) is 18.6 Å². The maximum atomic E-state index is 12.3. The topological polar surface area (TPSA) is 84.2 Å². The Bertz CT molecular complexity index is 1150. The Kier molecular flexibility index (Phi) is 5.92. The van der Waals surface area contributed by atoms with Crippen molar-refractivity contribution in [2.24, 2.45) is 0 Å².